The SMILES string of the molecule is CC(C)(C)c1ccc([C@H]2c3sc(=O)n(CC(=O)Nc4cccc(C(F)(F)F)c4)c3SC3C(=O)N(c4ccccc4)C(=O)C32)cc1. The van der Waals surface area contributed by atoms with Gasteiger partial charge in [0.15, 0.2) is 0 Å². The lowest BCUT2D eigenvalue weighted by molar-refractivity contribution is -0.137. The molecule has 4 aromatic rings. The summed E-state index contributed by atoms with van der Waals surface area (Å²) in [7, 11) is 0. The van der Waals surface area contributed by atoms with Crippen molar-refractivity contribution in [2.24, 2.45) is 5.92 Å². The number of hydrogen-bond donors (Lipinski definition) is 1. The van der Waals surface area contributed by atoms with Gasteiger partial charge in [-0.25, -0.2) is 4.90 Å². The zero-order valence-electron chi connectivity index (χ0n) is 24.4. The molecule has 2 aliphatic heterocycles. The van der Waals surface area contributed by atoms with Gasteiger partial charge in [-0.1, -0.05) is 92.4 Å². The molecule has 0 saturated carbocycles. The number of alkyl halides is 3. The lowest BCUT2D eigenvalue weighted by Gasteiger charge is -2.31. The molecule has 3 aromatic carbocycles. The standard InChI is InChI=1S/C33H28F3N3O4S2/c1-32(2,3)19-14-12-18(13-15-19)24-25-26(29(42)39(28(25)41)22-10-5-4-6-11-22)44-30-27(24)45-31(43)38(30)17-23(40)37-21-9-7-8-20(16-21)33(34,35)36/h4-16,24-26H,17H2,1-3H3,(H,37,40)/t24-,25?,26?/m1/s1. The van der Waals surface area contributed by atoms with Crippen LogP contribution >= 0.6 is 23.1 Å². The van der Waals surface area contributed by atoms with Gasteiger partial charge in [0.25, 0.3) is 0 Å². The van der Waals surface area contributed by atoms with E-state index in [1.165, 1.54) is 21.6 Å². The number of nitrogens with zero attached hydrogens (tertiary/aromatic N) is 2. The molecule has 45 heavy (non-hydrogen) atoms. The molecule has 3 heterocycles. The molecule has 3 amide bonds. The van der Waals surface area contributed by atoms with Crippen molar-refractivity contribution in [1.82, 2.24) is 4.57 Å². The summed E-state index contributed by atoms with van der Waals surface area (Å²) in [6.07, 6.45) is -4.59. The van der Waals surface area contributed by atoms with Gasteiger partial charge >= 0.3 is 11.0 Å². The third-order valence-corrected chi connectivity index (χ3v) is 10.6. The van der Waals surface area contributed by atoms with Crippen molar-refractivity contribution < 1.29 is 27.6 Å². The Morgan fingerprint density at radius 2 is 1.56 bits per heavy atom. The molecule has 12 heteroatoms. The van der Waals surface area contributed by atoms with Crippen LogP contribution < -0.4 is 15.1 Å². The van der Waals surface area contributed by atoms with Gasteiger partial charge in [0, 0.05) is 16.5 Å². The maximum Gasteiger partial charge on any atom is 0.416 e. The number of thiazole rings is 1. The monoisotopic (exact) mass is 651 g/mol. The van der Waals surface area contributed by atoms with Crippen LogP contribution in [0.2, 0.25) is 0 Å². The van der Waals surface area contributed by atoms with Crippen LogP contribution in [0.4, 0.5) is 24.5 Å². The number of benzene rings is 3. The highest BCUT2D eigenvalue weighted by molar-refractivity contribution is 8.00. The smallest absolute Gasteiger partial charge is 0.325 e. The molecule has 1 saturated heterocycles. The first-order valence-corrected chi connectivity index (χ1v) is 15.8. The van der Waals surface area contributed by atoms with Gasteiger partial charge in [-0.05, 0) is 46.9 Å². The lowest BCUT2D eigenvalue weighted by atomic mass is 9.81. The molecular formula is C33H28F3N3O4S2. The molecular weight excluding hydrogens is 624 g/mol. The second kappa shape index (κ2) is 11.3. The van der Waals surface area contributed by atoms with Crippen LogP contribution in [0.3, 0.4) is 0 Å². The van der Waals surface area contributed by atoms with Crippen molar-refractivity contribution in [3.05, 3.63) is 110 Å². The number of carbonyl (C=O) groups is 3. The van der Waals surface area contributed by atoms with E-state index in [2.05, 4.69) is 26.1 Å². The Labute approximate surface area is 265 Å². The van der Waals surface area contributed by atoms with E-state index in [1.54, 1.807) is 30.3 Å². The molecule has 6 rings (SSSR count). The minimum atomic E-state index is -4.59. The van der Waals surface area contributed by atoms with Gasteiger partial charge in [-0.3, -0.25) is 23.7 Å². The summed E-state index contributed by atoms with van der Waals surface area (Å²) in [6, 6.07) is 20.7. The minimum Gasteiger partial charge on any atom is -0.325 e. The third-order valence-electron chi connectivity index (χ3n) is 7.97. The molecule has 232 valence electrons. The highest BCUT2D eigenvalue weighted by Gasteiger charge is 2.56. The first-order valence-electron chi connectivity index (χ1n) is 14.1. The summed E-state index contributed by atoms with van der Waals surface area (Å²) in [4.78, 5) is 55.6. The Balaban J connectivity index is 1.39. The van der Waals surface area contributed by atoms with Crippen LogP contribution in [-0.2, 0) is 32.5 Å². The second-order valence-electron chi connectivity index (χ2n) is 12.0. The Morgan fingerprint density at radius 1 is 0.867 bits per heavy atom. The lowest BCUT2D eigenvalue weighted by Crippen LogP contribution is -2.33. The minimum absolute atomic E-state index is 0.0634. The van der Waals surface area contributed by atoms with E-state index in [-0.39, 0.29) is 17.0 Å². The summed E-state index contributed by atoms with van der Waals surface area (Å²) >= 11 is 1.99. The van der Waals surface area contributed by atoms with Gasteiger partial charge < -0.3 is 5.32 Å². The second-order valence-corrected chi connectivity index (χ2v) is 14.1. The van der Waals surface area contributed by atoms with Crippen molar-refractivity contribution in [3.8, 4) is 0 Å². The topological polar surface area (TPSA) is 88.5 Å². The quantitative estimate of drug-likeness (QED) is 0.244. The number of thioether (sulfide) groups is 1. The number of halogens is 3. The molecule has 7 nitrogen and oxygen atoms in total. The van der Waals surface area contributed by atoms with Gasteiger partial charge in [-0.15, -0.1) is 0 Å². The van der Waals surface area contributed by atoms with Crippen LogP contribution in [-0.4, -0.2) is 27.5 Å². The highest BCUT2D eigenvalue weighted by Crippen LogP contribution is 2.54. The Hall–Kier alpha value is -4.16. The number of carbonyl (C=O) groups excluding carboxylic acids is 3. The van der Waals surface area contributed by atoms with E-state index in [1.807, 2.05) is 24.3 Å². The molecule has 0 bridgehead atoms. The number of nitrogens with one attached hydrogen (secondary N) is 1. The first-order chi connectivity index (χ1) is 21.2. The Morgan fingerprint density at radius 3 is 2.20 bits per heavy atom. The first kappa shape index (κ1) is 30.8. The van der Waals surface area contributed by atoms with Crippen LogP contribution in [0.5, 0.6) is 0 Å². The molecule has 3 atom stereocenters. The van der Waals surface area contributed by atoms with Crippen LogP contribution in [0.1, 0.15) is 48.3 Å². The normalized spacial score (nSPS) is 19.8. The zero-order valence-corrected chi connectivity index (χ0v) is 26.1. The summed E-state index contributed by atoms with van der Waals surface area (Å²) in [5.74, 6) is -2.90. The molecule has 0 aliphatic carbocycles. The predicted octanol–water partition coefficient (Wildman–Crippen LogP) is 6.66. The zero-order chi connectivity index (χ0) is 32.3. The van der Waals surface area contributed by atoms with E-state index in [4.69, 9.17) is 0 Å². The number of fused-ring (bicyclic) bond motifs is 2. The fourth-order valence-electron chi connectivity index (χ4n) is 5.75. The largest absolute Gasteiger partial charge is 0.416 e. The number of aromatic nitrogens is 1. The molecule has 1 fully saturated rings. The third kappa shape index (κ3) is 5.72. The number of hydrogen-bond acceptors (Lipinski definition) is 6. The maximum absolute atomic E-state index is 14.0. The molecule has 1 aromatic heterocycles. The summed E-state index contributed by atoms with van der Waals surface area (Å²) in [5.41, 5.74) is 1.18. The molecule has 0 spiro atoms. The number of amides is 3. The maximum atomic E-state index is 14.0. The number of para-hydroxylation sites is 1. The number of imide groups is 1. The van der Waals surface area contributed by atoms with Crippen molar-refractivity contribution in [2.45, 2.75) is 55.1 Å². The summed E-state index contributed by atoms with van der Waals surface area (Å²) in [5, 5.41) is 1.99. The predicted molar refractivity (Wildman–Crippen MR) is 168 cm³/mol. The fraction of sp³-hybridized carbons (Fsp3) is 0.273. The van der Waals surface area contributed by atoms with Crippen LogP contribution in [0.25, 0.3) is 0 Å². The van der Waals surface area contributed by atoms with Crippen molar-refractivity contribution in [2.75, 3.05) is 10.2 Å². The van der Waals surface area contributed by atoms with Crippen molar-refractivity contribution in [1.29, 1.82) is 0 Å². The van der Waals surface area contributed by atoms with E-state index < -0.39 is 52.1 Å². The fourth-order valence-corrected chi connectivity index (χ4v) is 8.53. The van der Waals surface area contributed by atoms with Gasteiger partial charge in [-0.2, -0.15) is 13.2 Å². The van der Waals surface area contributed by atoms with Crippen molar-refractivity contribution >= 4 is 52.2 Å². The molecule has 1 N–H and O–H groups in total. The molecule has 0 radical (unpaired) electrons. The molecule has 2 aliphatic rings. The van der Waals surface area contributed by atoms with E-state index in [9.17, 15) is 32.3 Å². The van der Waals surface area contributed by atoms with Gasteiger partial charge in [0.05, 0.1) is 22.2 Å². The Bertz CT molecular complexity index is 1860. The van der Waals surface area contributed by atoms with Crippen LogP contribution in [0.15, 0.2) is 88.7 Å². The van der Waals surface area contributed by atoms with E-state index in [0.717, 1.165) is 46.4 Å². The Kier molecular flexibility index (Phi) is 7.77. The van der Waals surface area contributed by atoms with Crippen LogP contribution in [0, 0.1) is 5.92 Å². The average Bonchev–Trinajstić information content (AvgIpc) is 3.43. The number of anilines is 2. The highest BCUT2D eigenvalue weighted by atomic mass is 32.2. The number of rotatable bonds is 5. The van der Waals surface area contributed by atoms with Crippen molar-refractivity contribution in [3.63, 3.8) is 0 Å². The summed E-state index contributed by atoms with van der Waals surface area (Å²) in [6.45, 7) is 5.77. The van der Waals surface area contributed by atoms with E-state index in [0.29, 0.717) is 15.6 Å². The molecule has 2 unspecified atom stereocenters. The van der Waals surface area contributed by atoms with Gasteiger partial charge in [0.1, 0.15) is 11.8 Å². The summed E-state index contributed by atoms with van der Waals surface area (Å²) < 4.78 is 40.8. The average molecular weight is 652 g/mol. The van der Waals surface area contributed by atoms with E-state index >= 15 is 0 Å². The van der Waals surface area contributed by atoms with Gasteiger partial charge in [0.2, 0.25) is 17.7 Å².